The third kappa shape index (κ3) is 1.68. The number of rotatable bonds is 2. The van der Waals surface area contributed by atoms with Crippen LogP contribution in [0.1, 0.15) is 51.9 Å². The van der Waals surface area contributed by atoms with E-state index in [1.807, 2.05) is 0 Å². The molecular formula is C12H17NO. The number of carbonyl (C=O) groups is 1. The quantitative estimate of drug-likeness (QED) is 0.673. The van der Waals surface area contributed by atoms with Crippen molar-refractivity contribution in [1.82, 2.24) is 0 Å². The summed E-state index contributed by atoms with van der Waals surface area (Å²) in [6.07, 6.45) is 7.43. The van der Waals surface area contributed by atoms with Crippen LogP contribution in [0.25, 0.3) is 0 Å². The minimum Gasteiger partial charge on any atom is -0.300 e. The van der Waals surface area contributed by atoms with Gasteiger partial charge >= 0.3 is 0 Å². The summed E-state index contributed by atoms with van der Waals surface area (Å²) in [6.45, 7) is 1.60. The van der Waals surface area contributed by atoms with E-state index in [0.717, 1.165) is 12.8 Å². The smallest absolute Gasteiger partial charge is 0.131 e. The number of nitriles is 1. The average molecular weight is 191 g/mol. The standard InChI is InChI=1S/C12H17NO/c1-10(14)8-12(9-13)6-4-11(2-3-11)5-7-12/h2-8H2,1H3. The van der Waals surface area contributed by atoms with Crippen LogP contribution in [0.15, 0.2) is 0 Å². The maximum Gasteiger partial charge on any atom is 0.131 e. The van der Waals surface area contributed by atoms with Gasteiger partial charge in [-0.1, -0.05) is 0 Å². The lowest BCUT2D eigenvalue weighted by atomic mass is 9.67. The summed E-state index contributed by atoms with van der Waals surface area (Å²) in [4.78, 5) is 11.1. The molecule has 14 heavy (non-hydrogen) atoms. The third-order valence-electron chi connectivity index (χ3n) is 4.05. The zero-order valence-corrected chi connectivity index (χ0v) is 8.81. The van der Waals surface area contributed by atoms with Gasteiger partial charge in [-0.05, 0) is 50.9 Å². The predicted octanol–water partition coefficient (Wildman–Crippen LogP) is 2.83. The molecule has 0 aromatic heterocycles. The second kappa shape index (κ2) is 3.08. The summed E-state index contributed by atoms with van der Waals surface area (Å²) in [5, 5.41) is 9.18. The van der Waals surface area contributed by atoms with Crippen LogP contribution in [0.2, 0.25) is 0 Å². The number of nitrogens with zero attached hydrogens (tertiary/aromatic N) is 1. The molecule has 2 heteroatoms. The summed E-state index contributed by atoms with van der Waals surface area (Å²) in [6, 6.07) is 2.39. The molecule has 0 radical (unpaired) electrons. The molecular weight excluding hydrogens is 174 g/mol. The molecule has 0 N–H and O–H groups in total. The first kappa shape index (κ1) is 9.71. The van der Waals surface area contributed by atoms with Gasteiger partial charge in [0.05, 0.1) is 11.5 Å². The Kier molecular flexibility index (Phi) is 2.14. The maximum atomic E-state index is 11.1. The van der Waals surface area contributed by atoms with E-state index in [1.165, 1.54) is 25.7 Å². The number of ketones is 1. The Morgan fingerprint density at radius 3 is 2.07 bits per heavy atom. The van der Waals surface area contributed by atoms with Crippen LogP contribution in [0, 0.1) is 22.2 Å². The van der Waals surface area contributed by atoms with Crippen LogP contribution in [0.4, 0.5) is 0 Å². The lowest BCUT2D eigenvalue weighted by Crippen LogP contribution is -2.28. The highest BCUT2D eigenvalue weighted by Crippen LogP contribution is 2.60. The molecule has 0 unspecified atom stereocenters. The van der Waals surface area contributed by atoms with Crippen molar-refractivity contribution in [3.05, 3.63) is 0 Å². The predicted molar refractivity (Wildman–Crippen MR) is 53.5 cm³/mol. The first-order valence-electron chi connectivity index (χ1n) is 5.51. The van der Waals surface area contributed by atoms with Crippen molar-refractivity contribution in [3.63, 3.8) is 0 Å². The van der Waals surface area contributed by atoms with Crippen molar-refractivity contribution in [2.24, 2.45) is 10.8 Å². The van der Waals surface area contributed by atoms with Crippen LogP contribution in [-0.4, -0.2) is 5.78 Å². The average Bonchev–Trinajstić information content (AvgIpc) is 2.90. The molecule has 0 bridgehead atoms. The Balaban J connectivity index is 2.01. The molecule has 0 amide bonds. The number of hydrogen-bond acceptors (Lipinski definition) is 2. The van der Waals surface area contributed by atoms with Crippen LogP contribution in [0.5, 0.6) is 0 Å². The molecule has 2 saturated carbocycles. The highest BCUT2D eigenvalue weighted by atomic mass is 16.1. The number of carbonyl (C=O) groups excluding carboxylic acids is 1. The zero-order chi connectivity index (χ0) is 10.2. The maximum absolute atomic E-state index is 11.1. The topological polar surface area (TPSA) is 40.9 Å². The zero-order valence-electron chi connectivity index (χ0n) is 8.81. The molecule has 2 rings (SSSR count). The Morgan fingerprint density at radius 1 is 1.21 bits per heavy atom. The van der Waals surface area contributed by atoms with Gasteiger partial charge in [0, 0.05) is 6.42 Å². The van der Waals surface area contributed by atoms with E-state index in [-0.39, 0.29) is 11.2 Å². The van der Waals surface area contributed by atoms with Gasteiger partial charge in [-0.25, -0.2) is 0 Å². The van der Waals surface area contributed by atoms with Crippen molar-refractivity contribution < 1.29 is 4.79 Å². The fourth-order valence-corrected chi connectivity index (χ4v) is 2.74. The minimum atomic E-state index is -0.306. The molecule has 2 aliphatic carbocycles. The molecule has 0 aromatic rings. The van der Waals surface area contributed by atoms with Crippen molar-refractivity contribution >= 4 is 5.78 Å². The van der Waals surface area contributed by atoms with E-state index in [9.17, 15) is 10.1 Å². The summed E-state index contributed by atoms with van der Waals surface area (Å²) in [5.41, 5.74) is 0.302. The Labute approximate surface area is 85.3 Å². The summed E-state index contributed by atoms with van der Waals surface area (Å²) >= 11 is 0. The van der Waals surface area contributed by atoms with E-state index < -0.39 is 0 Å². The lowest BCUT2D eigenvalue weighted by molar-refractivity contribution is -0.119. The monoisotopic (exact) mass is 191 g/mol. The molecule has 0 saturated heterocycles. The van der Waals surface area contributed by atoms with Gasteiger partial charge in [0.2, 0.25) is 0 Å². The highest BCUT2D eigenvalue weighted by molar-refractivity contribution is 5.76. The van der Waals surface area contributed by atoms with E-state index >= 15 is 0 Å². The first-order valence-corrected chi connectivity index (χ1v) is 5.51. The molecule has 2 nitrogen and oxygen atoms in total. The molecule has 2 aliphatic rings. The Hall–Kier alpha value is -0.840. The van der Waals surface area contributed by atoms with Crippen LogP contribution in [-0.2, 0) is 4.79 Å². The van der Waals surface area contributed by atoms with Gasteiger partial charge in [-0.15, -0.1) is 0 Å². The third-order valence-corrected chi connectivity index (χ3v) is 4.05. The fraction of sp³-hybridized carbons (Fsp3) is 0.833. The second-order valence-electron chi connectivity index (χ2n) is 5.27. The van der Waals surface area contributed by atoms with Crippen LogP contribution < -0.4 is 0 Å². The van der Waals surface area contributed by atoms with Crippen molar-refractivity contribution in [3.8, 4) is 6.07 Å². The first-order chi connectivity index (χ1) is 6.60. The minimum absolute atomic E-state index is 0.165. The SMILES string of the molecule is CC(=O)CC1(C#N)CCC2(CC1)CC2. The molecule has 1 spiro atoms. The van der Waals surface area contributed by atoms with E-state index in [1.54, 1.807) is 6.92 Å². The van der Waals surface area contributed by atoms with Gasteiger partial charge < -0.3 is 0 Å². The number of hydrogen-bond donors (Lipinski definition) is 0. The summed E-state index contributed by atoms with van der Waals surface area (Å²) in [5.74, 6) is 0.165. The van der Waals surface area contributed by atoms with Gasteiger partial charge in [-0.3, -0.25) is 4.79 Å². The van der Waals surface area contributed by atoms with Crippen LogP contribution in [0.3, 0.4) is 0 Å². The van der Waals surface area contributed by atoms with Gasteiger partial charge in [0.15, 0.2) is 0 Å². The molecule has 0 aliphatic heterocycles. The fourth-order valence-electron chi connectivity index (χ4n) is 2.74. The molecule has 2 fully saturated rings. The van der Waals surface area contributed by atoms with E-state index in [0.29, 0.717) is 11.8 Å². The van der Waals surface area contributed by atoms with Crippen molar-refractivity contribution in [1.29, 1.82) is 5.26 Å². The van der Waals surface area contributed by atoms with E-state index in [4.69, 9.17) is 0 Å². The summed E-state index contributed by atoms with van der Waals surface area (Å²) in [7, 11) is 0. The normalized spacial score (nSPS) is 26.9. The van der Waals surface area contributed by atoms with Gasteiger partial charge in [0.25, 0.3) is 0 Å². The van der Waals surface area contributed by atoms with E-state index in [2.05, 4.69) is 6.07 Å². The second-order valence-corrected chi connectivity index (χ2v) is 5.27. The molecule has 0 atom stereocenters. The van der Waals surface area contributed by atoms with Gasteiger partial charge in [0.1, 0.15) is 5.78 Å². The van der Waals surface area contributed by atoms with Crippen molar-refractivity contribution in [2.75, 3.05) is 0 Å². The van der Waals surface area contributed by atoms with Crippen LogP contribution >= 0.6 is 0 Å². The Morgan fingerprint density at radius 2 is 1.71 bits per heavy atom. The Bertz CT molecular complexity index is 286. The van der Waals surface area contributed by atoms with Gasteiger partial charge in [-0.2, -0.15) is 5.26 Å². The largest absolute Gasteiger partial charge is 0.300 e. The molecule has 76 valence electrons. The lowest BCUT2D eigenvalue weighted by Gasteiger charge is -2.34. The molecule has 0 aromatic carbocycles. The highest BCUT2D eigenvalue weighted by Gasteiger charge is 2.49. The molecule has 0 heterocycles. The number of Topliss-reactive ketones (excluding diaryl/α,β-unsaturated/α-hetero) is 1. The summed E-state index contributed by atoms with van der Waals surface area (Å²) < 4.78 is 0. The van der Waals surface area contributed by atoms with Crippen molar-refractivity contribution in [2.45, 2.75) is 51.9 Å².